The molecule has 0 radical (unpaired) electrons. The molecule has 0 N–H and O–H groups in total. The van der Waals surface area contributed by atoms with Crippen LogP contribution in [0.25, 0.3) is 0 Å². The highest BCUT2D eigenvalue weighted by Gasteiger charge is 2.33. The van der Waals surface area contributed by atoms with Gasteiger partial charge in [-0.15, -0.1) is 0 Å². The van der Waals surface area contributed by atoms with Crippen molar-refractivity contribution in [2.45, 2.75) is 33.4 Å². The topological polar surface area (TPSA) is 0 Å². The van der Waals surface area contributed by atoms with Gasteiger partial charge in [0.15, 0.2) is 0 Å². The van der Waals surface area contributed by atoms with E-state index in [0.29, 0.717) is 17.5 Å². The fourth-order valence-electron chi connectivity index (χ4n) is 1.57. The van der Waals surface area contributed by atoms with Gasteiger partial charge in [-0.05, 0) is 30.9 Å². The van der Waals surface area contributed by atoms with Crippen molar-refractivity contribution in [3.63, 3.8) is 0 Å². The normalized spacial score (nSPS) is 12.2. The van der Waals surface area contributed by atoms with Crippen molar-refractivity contribution >= 4 is 0 Å². The second-order valence-corrected chi connectivity index (χ2v) is 4.26. The lowest BCUT2D eigenvalue weighted by Crippen LogP contribution is -2.11. The smallest absolute Gasteiger partial charge is 0.166 e. The quantitative estimate of drug-likeness (QED) is 0.694. The maximum atomic E-state index is 12.7. The summed E-state index contributed by atoms with van der Waals surface area (Å²) in [7, 11) is 0. The predicted octanol–water partition coefficient (Wildman–Crippen LogP) is 4.21. The van der Waals surface area contributed by atoms with Crippen molar-refractivity contribution in [2.75, 3.05) is 0 Å². The molecule has 84 valence electrons. The van der Waals surface area contributed by atoms with Gasteiger partial charge in [-0.25, -0.2) is 0 Å². The SMILES string of the molecule is Cc1ccc(CC(C)C)c(C(F)(F)F)c1. The third kappa shape index (κ3) is 3.26. The number of hydrogen-bond donors (Lipinski definition) is 0. The molecular formula is C12H15F3. The summed E-state index contributed by atoms with van der Waals surface area (Å²) in [6, 6.07) is 4.53. The van der Waals surface area contributed by atoms with E-state index in [1.165, 1.54) is 6.07 Å². The number of rotatable bonds is 2. The third-order valence-electron chi connectivity index (χ3n) is 2.20. The first-order valence-electron chi connectivity index (χ1n) is 4.97. The van der Waals surface area contributed by atoms with E-state index in [4.69, 9.17) is 0 Å². The maximum absolute atomic E-state index is 12.7. The van der Waals surface area contributed by atoms with Gasteiger partial charge in [0.1, 0.15) is 0 Å². The highest BCUT2D eigenvalue weighted by molar-refractivity contribution is 5.33. The van der Waals surface area contributed by atoms with E-state index in [0.717, 1.165) is 0 Å². The molecule has 0 fully saturated rings. The molecule has 0 nitrogen and oxygen atoms in total. The lowest BCUT2D eigenvalue weighted by atomic mass is 9.96. The van der Waals surface area contributed by atoms with Gasteiger partial charge >= 0.3 is 6.18 Å². The van der Waals surface area contributed by atoms with Crippen molar-refractivity contribution < 1.29 is 13.2 Å². The van der Waals surface area contributed by atoms with Crippen molar-refractivity contribution in [3.8, 4) is 0 Å². The van der Waals surface area contributed by atoms with E-state index < -0.39 is 11.7 Å². The monoisotopic (exact) mass is 216 g/mol. The number of benzene rings is 1. The van der Waals surface area contributed by atoms with E-state index in [-0.39, 0.29) is 5.92 Å². The van der Waals surface area contributed by atoms with Gasteiger partial charge in [-0.3, -0.25) is 0 Å². The summed E-state index contributed by atoms with van der Waals surface area (Å²) in [6.45, 7) is 5.51. The van der Waals surface area contributed by atoms with Gasteiger partial charge in [-0.2, -0.15) is 13.2 Å². The minimum Gasteiger partial charge on any atom is -0.166 e. The zero-order chi connectivity index (χ0) is 11.6. The average Bonchev–Trinajstić information content (AvgIpc) is 2.05. The van der Waals surface area contributed by atoms with Gasteiger partial charge in [0.2, 0.25) is 0 Å². The van der Waals surface area contributed by atoms with Crippen LogP contribution in [-0.2, 0) is 12.6 Å². The lowest BCUT2D eigenvalue weighted by molar-refractivity contribution is -0.138. The second kappa shape index (κ2) is 4.25. The van der Waals surface area contributed by atoms with Crippen LogP contribution >= 0.6 is 0 Å². The van der Waals surface area contributed by atoms with Crippen LogP contribution in [0.15, 0.2) is 18.2 Å². The second-order valence-electron chi connectivity index (χ2n) is 4.26. The van der Waals surface area contributed by atoms with Gasteiger partial charge in [0.05, 0.1) is 5.56 Å². The molecule has 0 aliphatic heterocycles. The lowest BCUT2D eigenvalue weighted by Gasteiger charge is -2.15. The molecule has 0 amide bonds. The molecule has 0 saturated carbocycles. The first-order valence-corrected chi connectivity index (χ1v) is 4.97. The fourth-order valence-corrected chi connectivity index (χ4v) is 1.57. The molecule has 0 bridgehead atoms. The third-order valence-corrected chi connectivity index (χ3v) is 2.20. The Bertz CT molecular complexity index is 337. The summed E-state index contributed by atoms with van der Waals surface area (Å²) in [4.78, 5) is 0. The molecule has 0 spiro atoms. The molecule has 1 aromatic carbocycles. The van der Waals surface area contributed by atoms with E-state index in [9.17, 15) is 13.2 Å². The van der Waals surface area contributed by atoms with Crippen molar-refractivity contribution in [2.24, 2.45) is 5.92 Å². The summed E-state index contributed by atoms with van der Waals surface area (Å²) in [5.41, 5.74) is 0.550. The van der Waals surface area contributed by atoms with Gasteiger partial charge in [0.25, 0.3) is 0 Å². The number of alkyl halides is 3. The first-order chi connectivity index (χ1) is 6.80. The highest BCUT2D eigenvalue weighted by atomic mass is 19.4. The Hall–Kier alpha value is -0.990. The van der Waals surface area contributed by atoms with Crippen molar-refractivity contribution in [1.82, 2.24) is 0 Å². The summed E-state index contributed by atoms with van der Waals surface area (Å²) >= 11 is 0. The molecule has 1 rings (SSSR count). The average molecular weight is 216 g/mol. The zero-order valence-corrected chi connectivity index (χ0v) is 9.15. The Morgan fingerprint density at radius 2 is 1.80 bits per heavy atom. The molecule has 15 heavy (non-hydrogen) atoms. The zero-order valence-electron chi connectivity index (χ0n) is 9.15. The predicted molar refractivity (Wildman–Crippen MR) is 54.7 cm³/mol. The summed E-state index contributed by atoms with van der Waals surface area (Å²) in [5.74, 6) is 0.230. The molecule has 0 aromatic heterocycles. The van der Waals surface area contributed by atoms with E-state index >= 15 is 0 Å². The molecule has 0 heterocycles. The minimum absolute atomic E-state index is 0.230. The molecule has 0 aliphatic carbocycles. The van der Waals surface area contributed by atoms with Crippen LogP contribution in [0.2, 0.25) is 0 Å². The van der Waals surface area contributed by atoms with Crippen LogP contribution < -0.4 is 0 Å². The van der Waals surface area contributed by atoms with Gasteiger partial charge in [0, 0.05) is 0 Å². The van der Waals surface area contributed by atoms with Crippen LogP contribution in [0, 0.1) is 12.8 Å². The van der Waals surface area contributed by atoms with Crippen LogP contribution in [0.4, 0.5) is 13.2 Å². The molecule has 0 atom stereocenters. The van der Waals surface area contributed by atoms with Crippen LogP contribution in [-0.4, -0.2) is 0 Å². The number of hydrogen-bond acceptors (Lipinski definition) is 0. The van der Waals surface area contributed by atoms with E-state index in [2.05, 4.69) is 0 Å². The number of halogens is 3. The largest absolute Gasteiger partial charge is 0.416 e. The Labute approximate surface area is 88.1 Å². The maximum Gasteiger partial charge on any atom is 0.416 e. The summed E-state index contributed by atoms with van der Waals surface area (Å²) in [5, 5.41) is 0. The minimum atomic E-state index is -4.24. The molecule has 0 saturated heterocycles. The van der Waals surface area contributed by atoms with E-state index in [1.54, 1.807) is 19.1 Å². The molecule has 0 aliphatic rings. The molecule has 0 unspecified atom stereocenters. The van der Waals surface area contributed by atoms with Gasteiger partial charge < -0.3 is 0 Å². The standard InChI is InChI=1S/C12H15F3/c1-8(2)6-10-5-4-9(3)7-11(10)12(13,14)15/h4-5,7-8H,6H2,1-3H3. The summed E-state index contributed by atoms with van der Waals surface area (Å²) < 4.78 is 38.0. The van der Waals surface area contributed by atoms with E-state index in [1.807, 2.05) is 13.8 Å². The van der Waals surface area contributed by atoms with Crippen LogP contribution in [0.3, 0.4) is 0 Å². The summed E-state index contributed by atoms with van der Waals surface area (Å²) in [6.07, 6.45) is -3.77. The Morgan fingerprint density at radius 3 is 2.27 bits per heavy atom. The molecule has 3 heteroatoms. The molecular weight excluding hydrogens is 201 g/mol. The van der Waals surface area contributed by atoms with Gasteiger partial charge in [-0.1, -0.05) is 31.5 Å². The highest BCUT2D eigenvalue weighted by Crippen LogP contribution is 2.33. The van der Waals surface area contributed by atoms with Crippen LogP contribution in [0.5, 0.6) is 0 Å². The van der Waals surface area contributed by atoms with Crippen LogP contribution in [0.1, 0.15) is 30.5 Å². The fraction of sp³-hybridized carbons (Fsp3) is 0.500. The Balaban J connectivity index is 3.15. The number of aryl methyl sites for hydroxylation is 1. The van der Waals surface area contributed by atoms with Crippen molar-refractivity contribution in [1.29, 1.82) is 0 Å². The Morgan fingerprint density at radius 1 is 1.20 bits per heavy atom. The molecule has 1 aromatic rings. The Kier molecular flexibility index (Phi) is 3.42. The first kappa shape index (κ1) is 12.1. The van der Waals surface area contributed by atoms with Crippen molar-refractivity contribution in [3.05, 3.63) is 34.9 Å².